The smallest absolute Gasteiger partial charge is 0.246 e. The number of hydrogen-bond acceptors (Lipinski definition) is 2. The van der Waals surface area contributed by atoms with Crippen molar-refractivity contribution in [2.24, 2.45) is 23.7 Å². The SMILES string of the molecule is CC(C)C[C@H]1CC(=O)N(C2(C(=O)NC3CCCC3)CCC3Cc4ccccc4CC3C2)C1. The lowest BCUT2D eigenvalue weighted by atomic mass is 9.62. The molecular formula is C28H40N2O2. The maximum absolute atomic E-state index is 14.0. The molecule has 1 saturated heterocycles. The lowest BCUT2D eigenvalue weighted by Gasteiger charge is -2.50. The largest absolute Gasteiger partial charge is 0.351 e. The Kier molecular flexibility index (Phi) is 6.07. The second-order valence-corrected chi connectivity index (χ2v) is 11.6. The van der Waals surface area contributed by atoms with E-state index < -0.39 is 5.54 Å². The standard InChI is InChI=1S/C28H40N2O2/c1-19(2)13-20-14-26(31)30(18-20)28(27(32)29-25-9-5-6-10-25)12-11-23-15-21-7-3-4-8-22(21)16-24(23)17-28/h3-4,7-8,19-20,23-25H,5-6,9-18H2,1-2H3,(H,29,32)/t20-,23?,24?,28?/m0/s1. The molecule has 1 aromatic rings. The molecule has 3 fully saturated rings. The van der Waals surface area contributed by atoms with Crippen molar-refractivity contribution < 1.29 is 9.59 Å². The molecule has 2 amide bonds. The third kappa shape index (κ3) is 4.10. The number of rotatable bonds is 5. The van der Waals surface area contributed by atoms with Crippen LogP contribution in [-0.4, -0.2) is 34.8 Å². The molecule has 32 heavy (non-hydrogen) atoms. The molecular weight excluding hydrogens is 396 g/mol. The van der Waals surface area contributed by atoms with Gasteiger partial charge in [0.15, 0.2) is 0 Å². The van der Waals surface area contributed by atoms with E-state index in [4.69, 9.17) is 0 Å². The Hall–Kier alpha value is -1.84. The Bertz CT molecular complexity index is 859. The first-order chi connectivity index (χ1) is 15.4. The van der Waals surface area contributed by atoms with Crippen LogP contribution in [0.5, 0.6) is 0 Å². The van der Waals surface area contributed by atoms with Crippen LogP contribution in [0.2, 0.25) is 0 Å². The summed E-state index contributed by atoms with van der Waals surface area (Å²) in [5, 5.41) is 3.42. The van der Waals surface area contributed by atoms with Gasteiger partial charge in [-0.25, -0.2) is 0 Å². The fourth-order valence-electron chi connectivity index (χ4n) is 7.37. The van der Waals surface area contributed by atoms with Crippen molar-refractivity contribution in [1.29, 1.82) is 0 Å². The van der Waals surface area contributed by atoms with Crippen molar-refractivity contribution in [1.82, 2.24) is 10.2 Å². The molecule has 4 heteroatoms. The number of nitrogens with one attached hydrogen (secondary N) is 1. The minimum Gasteiger partial charge on any atom is -0.351 e. The van der Waals surface area contributed by atoms with E-state index in [-0.39, 0.29) is 11.8 Å². The lowest BCUT2D eigenvalue weighted by molar-refractivity contribution is -0.150. The zero-order valence-corrected chi connectivity index (χ0v) is 19.9. The zero-order chi connectivity index (χ0) is 22.3. The van der Waals surface area contributed by atoms with Crippen molar-refractivity contribution in [3.63, 3.8) is 0 Å². The third-order valence-electron chi connectivity index (χ3n) is 8.92. The first-order valence-corrected chi connectivity index (χ1v) is 13.1. The predicted molar refractivity (Wildman–Crippen MR) is 127 cm³/mol. The lowest BCUT2D eigenvalue weighted by Crippen LogP contribution is -2.63. The van der Waals surface area contributed by atoms with E-state index in [9.17, 15) is 9.59 Å². The minimum atomic E-state index is -0.640. The van der Waals surface area contributed by atoms with Crippen LogP contribution in [0.1, 0.15) is 82.8 Å². The summed E-state index contributed by atoms with van der Waals surface area (Å²) < 4.78 is 0. The highest BCUT2D eigenvalue weighted by molar-refractivity contribution is 5.92. The van der Waals surface area contributed by atoms with E-state index in [1.54, 1.807) is 0 Å². The van der Waals surface area contributed by atoms with E-state index in [2.05, 4.69) is 48.3 Å². The van der Waals surface area contributed by atoms with Gasteiger partial charge in [-0.15, -0.1) is 0 Å². The average Bonchev–Trinajstić information content (AvgIpc) is 3.41. The van der Waals surface area contributed by atoms with Crippen molar-refractivity contribution in [2.75, 3.05) is 6.54 Å². The third-order valence-corrected chi connectivity index (χ3v) is 8.92. The Morgan fingerprint density at radius 1 is 1.06 bits per heavy atom. The molecule has 1 heterocycles. The van der Waals surface area contributed by atoms with Crippen LogP contribution < -0.4 is 5.32 Å². The number of fused-ring (bicyclic) bond motifs is 2. The van der Waals surface area contributed by atoms with E-state index >= 15 is 0 Å². The van der Waals surface area contributed by atoms with Crippen LogP contribution in [0.4, 0.5) is 0 Å². The van der Waals surface area contributed by atoms with Gasteiger partial charge in [-0.3, -0.25) is 9.59 Å². The van der Waals surface area contributed by atoms with Gasteiger partial charge >= 0.3 is 0 Å². The minimum absolute atomic E-state index is 0.153. The summed E-state index contributed by atoms with van der Waals surface area (Å²) in [4.78, 5) is 29.3. The molecule has 0 radical (unpaired) electrons. The van der Waals surface area contributed by atoms with Crippen molar-refractivity contribution in [3.8, 4) is 0 Å². The Morgan fingerprint density at radius 3 is 2.44 bits per heavy atom. The van der Waals surface area contributed by atoms with Gasteiger partial charge in [0.1, 0.15) is 5.54 Å². The molecule has 2 saturated carbocycles. The number of carbonyl (C=O) groups excluding carboxylic acids is 2. The second-order valence-electron chi connectivity index (χ2n) is 11.6. The number of amides is 2. The van der Waals surface area contributed by atoms with E-state index in [0.717, 1.165) is 57.9 Å². The second kappa shape index (κ2) is 8.83. The van der Waals surface area contributed by atoms with Crippen LogP contribution in [0, 0.1) is 23.7 Å². The number of nitrogens with zero attached hydrogens (tertiary/aromatic N) is 1. The Morgan fingerprint density at radius 2 is 1.75 bits per heavy atom. The predicted octanol–water partition coefficient (Wildman–Crippen LogP) is 4.89. The Labute approximate surface area is 193 Å². The Balaban J connectivity index is 1.42. The summed E-state index contributed by atoms with van der Waals surface area (Å²) >= 11 is 0. The van der Waals surface area contributed by atoms with Crippen molar-refractivity contribution in [2.45, 2.75) is 96.1 Å². The molecule has 1 aliphatic heterocycles. The topological polar surface area (TPSA) is 49.4 Å². The van der Waals surface area contributed by atoms with Gasteiger partial charge in [0.25, 0.3) is 0 Å². The molecule has 174 valence electrons. The maximum Gasteiger partial charge on any atom is 0.246 e. The summed E-state index contributed by atoms with van der Waals surface area (Å²) in [7, 11) is 0. The highest BCUT2D eigenvalue weighted by atomic mass is 16.2. The summed E-state index contributed by atoms with van der Waals surface area (Å²) in [5.41, 5.74) is 2.30. The first-order valence-electron chi connectivity index (χ1n) is 13.1. The van der Waals surface area contributed by atoms with Crippen molar-refractivity contribution in [3.05, 3.63) is 35.4 Å². The van der Waals surface area contributed by atoms with E-state index in [1.165, 1.54) is 24.0 Å². The van der Waals surface area contributed by atoms with Gasteiger partial charge in [0.2, 0.25) is 11.8 Å². The molecule has 3 aliphatic carbocycles. The van der Waals surface area contributed by atoms with Crippen molar-refractivity contribution >= 4 is 11.8 Å². The van der Waals surface area contributed by atoms with Crippen LogP contribution in [0.3, 0.4) is 0 Å². The van der Waals surface area contributed by atoms with Gasteiger partial charge in [-0.05, 0) is 86.2 Å². The quantitative estimate of drug-likeness (QED) is 0.714. The fraction of sp³-hybridized carbons (Fsp3) is 0.714. The number of carbonyl (C=O) groups is 2. The van der Waals surface area contributed by atoms with Crippen LogP contribution in [0.25, 0.3) is 0 Å². The van der Waals surface area contributed by atoms with Gasteiger partial charge in [-0.2, -0.15) is 0 Å². The molecule has 0 spiro atoms. The van der Waals surface area contributed by atoms with Crippen LogP contribution in [-0.2, 0) is 22.4 Å². The van der Waals surface area contributed by atoms with Gasteiger partial charge in [0, 0.05) is 19.0 Å². The molecule has 0 bridgehead atoms. The monoisotopic (exact) mass is 436 g/mol. The fourth-order valence-corrected chi connectivity index (χ4v) is 7.37. The van der Waals surface area contributed by atoms with Crippen LogP contribution in [0.15, 0.2) is 24.3 Å². The number of hydrogen-bond donors (Lipinski definition) is 1. The van der Waals surface area contributed by atoms with E-state index in [1.807, 2.05) is 0 Å². The summed E-state index contributed by atoms with van der Waals surface area (Å²) in [5.74, 6) is 2.48. The average molecular weight is 437 g/mol. The molecule has 5 rings (SSSR count). The maximum atomic E-state index is 14.0. The number of likely N-dealkylation sites (tertiary alicyclic amines) is 1. The molecule has 4 aliphatic rings. The highest BCUT2D eigenvalue weighted by Crippen LogP contribution is 2.48. The van der Waals surface area contributed by atoms with E-state index in [0.29, 0.717) is 36.1 Å². The molecule has 1 aromatic carbocycles. The van der Waals surface area contributed by atoms with Gasteiger partial charge in [-0.1, -0.05) is 51.0 Å². The molecule has 3 unspecified atom stereocenters. The zero-order valence-electron chi connectivity index (χ0n) is 19.9. The highest BCUT2D eigenvalue weighted by Gasteiger charge is 2.54. The van der Waals surface area contributed by atoms with Gasteiger partial charge in [0.05, 0.1) is 0 Å². The van der Waals surface area contributed by atoms with Gasteiger partial charge < -0.3 is 10.2 Å². The number of benzene rings is 1. The summed E-state index contributed by atoms with van der Waals surface area (Å²) in [6.45, 7) is 5.24. The normalized spacial score (nSPS) is 32.8. The molecule has 1 N–H and O–H groups in total. The molecule has 4 nitrogen and oxygen atoms in total. The van der Waals surface area contributed by atoms with Crippen LogP contribution >= 0.6 is 0 Å². The molecule has 4 atom stereocenters. The summed E-state index contributed by atoms with van der Waals surface area (Å²) in [6.07, 6.45) is 11.2. The molecule has 0 aromatic heterocycles. The first kappa shape index (κ1) is 22.0. The summed E-state index contributed by atoms with van der Waals surface area (Å²) in [6, 6.07) is 9.14.